The van der Waals surface area contributed by atoms with E-state index in [1.807, 2.05) is 17.0 Å². The van der Waals surface area contributed by atoms with Crippen molar-refractivity contribution in [2.75, 3.05) is 39.3 Å². The number of barbiturate groups is 1. The Bertz CT molecular complexity index is 1420. The van der Waals surface area contributed by atoms with Crippen LogP contribution in [0, 0.1) is 17.3 Å². The van der Waals surface area contributed by atoms with E-state index in [0.717, 1.165) is 37.1 Å². The van der Waals surface area contributed by atoms with Gasteiger partial charge in [-0.15, -0.1) is 0 Å². The molecule has 3 aliphatic heterocycles. The smallest absolute Gasteiger partial charge is 0.475 e. The molecule has 2 aromatic carbocycles. The molecule has 0 bridgehead atoms. The number of carbonyl (C=O) groups is 4. The fourth-order valence-corrected chi connectivity index (χ4v) is 5.69. The molecule has 1 spiro atoms. The first-order valence-electron chi connectivity index (χ1n) is 13.2. The predicted octanol–water partition coefficient (Wildman–Crippen LogP) is 2.32. The van der Waals surface area contributed by atoms with E-state index in [9.17, 15) is 32.7 Å². The quantitative estimate of drug-likeness (QED) is 0.302. The fraction of sp³-hybridized carbons (Fsp3) is 0.379. The molecule has 3 fully saturated rings. The molecule has 0 aromatic heterocycles. The molecular formula is C29H28ClF3N4O6. The van der Waals surface area contributed by atoms with Crippen molar-refractivity contribution >= 4 is 35.4 Å². The number of β-amino-alcohol motifs (C(OH)–C–C–N with tert-alkyl or cyclic N) is 1. The first-order chi connectivity index (χ1) is 20.3. The largest absolute Gasteiger partial charge is 0.490 e. The molecule has 0 saturated carbocycles. The lowest BCUT2D eigenvalue weighted by molar-refractivity contribution is -0.192. The number of carboxylic acids is 1. The second-order valence-corrected chi connectivity index (χ2v) is 10.9. The van der Waals surface area contributed by atoms with Gasteiger partial charge in [0.1, 0.15) is 0 Å². The Morgan fingerprint density at radius 3 is 1.81 bits per heavy atom. The number of aliphatic hydroxyl groups excluding tert-OH is 1. The van der Waals surface area contributed by atoms with Crippen LogP contribution in [0.4, 0.5) is 18.0 Å². The van der Waals surface area contributed by atoms with Gasteiger partial charge in [-0.25, -0.2) is 9.59 Å². The van der Waals surface area contributed by atoms with Gasteiger partial charge >= 0.3 is 18.2 Å². The van der Waals surface area contributed by atoms with Crippen LogP contribution in [0.3, 0.4) is 0 Å². The summed E-state index contributed by atoms with van der Waals surface area (Å²) in [5.74, 6) is 2.13. The lowest BCUT2D eigenvalue weighted by Crippen LogP contribution is -2.73. The van der Waals surface area contributed by atoms with Gasteiger partial charge < -0.3 is 10.2 Å². The van der Waals surface area contributed by atoms with E-state index in [2.05, 4.69) is 27.4 Å². The highest BCUT2D eigenvalue weighted by Gasteiger charge is 2.58. The zero-order chi connectivity index (χ0) is 31.4. The summed E-state index contributed by atoms with van der Waals surface area (Å²) in [6.07, 6.45) is -3.42. The van der Waals surface area contributed by atoms with E-state index >= 15 is 0 Å². The lowest BCUT2D eigenvalue weighted by Gasteiger charge is -2.56. The predicted molar refractivity (Wildman–Crippen MR) is 148 cm³/mol. The van der Waals surface area contributed by atoms with Crippen molar-refractivity contribution in [3.05, 3.63) is 70.2 Å². The van der Waals surface area contributed by atoms with Crippen molar-refractivity contribution < 1.29 is 42.6 Å². The molecule has 5 rings (SSSR count). The van der Waals surface area contributed by atoms with E-state index in [4.69, 9.17) is 21.5 Å². The lowest BCUT2D eigenvalue weighted by atomic mass is 9.70. The Kier molecular flexibility index (Phi) is 9.46. The summed E-state index contributed by atoms with van der Waals surface area (Å²) in [6.45, 7) is 3.70. The van der Waals surface area contributed by atoms with E-state index in [0.29, 0.717) is 30.2 Å². The van der Waals surface area contributed by atoms with Crippen LogP contribution in [0.5, 0.6) is 0 Å². The van der Waals surface area contributed by atoms with Gasteiger partial charge in [0.15, 0.2) is 0 Å². The summed E-state index contributed by atoms with van der Waals surface area (Å²) in [5.41, 5.74) is 0.554. The van der Waals surface area contributed by atoms with Gasteiger partial charge in [0, 0.05) is 48.9 Å². The van der Waals surface area contributed by atoms with Crippen LogP contribution in [0.15, 0.2) is 48.5 Å². The number of carboxylic acid groups (broad SMARTS) is 1. The SMILES string of the molecule is O=C(O)C(F)(F)F.O=C1NC(=O)C(c2ccc(C#Cc3ccc(Cl)cc3)cc2)(N2CCC3(CC2)CN(CCO)C3)C(=O)N1. The highest BCUT2D eigenvalue weighted by Crippen LogP contribution is 2.44. The molecule has 0 atom stereocenters. The number of halogens is 4. The van der Waals surface area contributed by atoms with Gasteiger partial charge in [-0.1, -0.05) is 35.6 Å². The minimum Gasteiger partial charge on any atom is -0.475 e. The maximum absolute atomic E-state index is 13.3. The second-order valence-electron chi connectivity index (χ2n) is 10.5. The maximum Gasteiger partial charge on any atom is 0.490 e. The number of piperidine rings is 1. The molecule has 10 nitrogen and oxygen atoms in total. The van der Waals surface area contributed by atoms with Gasteiger partial charge in [0.25, 0.3) is 11.8 Å². The molecule has 3 heterocycles. The average molecular weight is 621 g/mol. The van der Waals surface area contributed by atoms with Crippen molar-refractivity contribution in [2.24, 2.45) is 5.41 Å². The van der Waals surface area contributed by atoms with Crippen LogP contribution in [0.1, 0.15) is 29.5 Å². The van der Waals surface area contributed by atoms with Crippen LogP contribution in [-0.4, -0.2) is 89.3 Å². The Hall–Kier alpha value is -3.96. The number of alkyl halides is 3. The number of hydrogen-bond donors (Lipinski definition) is 4. The number of nitrogens with one attached hydrogen (secondary N) is 2. The number of amides is 4. The van der Waals surface area contributed by atoms with E-state index in [1.165, 1.54) is 0 Å². The Morgan fingerprint density at radius 1 is 0.907 bits per heavy atom. The summed E-state index contributed by atoms with van der Waals surface area (Å²) in [7, 11) is 0. The Labute approximate surface area is 249 Å². The summed E-state index contributed by atoms with van der Waals surface area (Å²) in [5, 5.41) is 21.6. The minimum absolute atomic E-state index is 0.139. The molecule has 0 radical (unpaired) electrons. The fourth-order valence-electron chi connectivity index (χ4n) is 5.56. The van der Waals surface area contributed by atoms with Crippen LogP contribution in [0.25, 0.3) is 0 Å². The number of benzene rings is 2. The van der Waals surface area contributed by atoms with Crippen LogP contribution >= 0.6 is 11.6 Å². The van der Waals surface area contributed by atoms with Gasteiger partial charge in [-0.05, 0) is 60.2 Å². The molecule has 0 aliphatic carbocycles. The van der Waals surface area contributed by atoms with Crippen LogP contribution in [-0.2, 0) is 19.9 Å². The van der Waals surface area contributed by atoms with Crippen LogP contribution < -0.4 is 10.6 Å². The van der Waals surface area contributed by atoms with Crippen LogP contribution in [0.2, 0.25) is 5.02 Å². The van der Waals surface area contributed by atoms with Gasteiger partial charge in [0.05, 0.1) is 6.61 Å². The molecular weight excluding hydrogens is 593 g/mol. The van der Waals surface area contributed by atoms with Crippen molar-refractivity contribution in [1.82, 2.24) is 20.4 Å². The van der Waals surface area contributed by atoms with E-state index < -0.39 is 35.5 Å². The zero-order valence-corrected chi connectivity index (χ0v) is 23.5. The normalized spacial score (nSPS) is 19.6. The number of hydrogen-bond acceptors (Lipinski definition) is 7. The van der Waals surface area contributed by atoms with Crippen molar-refractivity contribution in [3.63, 3.8) is 0 Å². The van der Waals surface area contributed by atoms with Crippen molar-refractivity contribution in [2.45, 2.75) is 24.6 Å². The van der Waals surface area contributed by atoms with Crippen molar-refractivity contribution in [1.29, 1.82) is 0 Å². The molecule has 14 heteroatoms. The van der Waals surface area contributed by atoms with E-state index in [1.54, 1.807) is 36.4 Å². The monoisotopic (exact) mass is 620 g/mol. The highest BCUT2D eigenvalue weighted by atomic mass is 35.5. The molecule has 4 amide bonds. The Balaban J connectivity index is 0.000000541. The molecule has 3 saturated heterocycles. The number of aliphatic carboxylic acids is 1. The third-order valence-corrected chi connectivity index (χ3v) is 7.94. The van der Waals surface area contributed by atoms with Gasteiger partial charge in [-0.2, -0.15) is 13.2 Å². The number of likely N-dealkylation sites (tertiary alicyclic amines) is 2. The minimum atomic E-state index is -5.08. The standard InChI is InChI=1S/C27H27ClN4O4.C2HF3O2/c28-22-9-5-20(6-10-22)2-1-19-3-7-21(8-4-19)27(23(34)29-25(36)30-24(27)35)32-13-11-26(12-14-32)17-31(18-26)15-16-33;3-2(4,5)1(6)7/h3-10,33H,11-18H2,(H2,29,30,34,35,36);(H,6,7). The number of carbonyl (C=O) groups excluding carboxylic acids is 3. The molecule has 4 N–H and O–H groups in total. The third kappa shape index (κ3) is 7.00. The number of nitrogens with zero attached hydrogens (tertiary/aromatic N) is 2. The molecule has 43 heavy (non-hydrogen) atoms. The zero-order valence-electron chi connectivity index (χ0n) is 22.7. The molecule has 3 aliphatic rings. The Morgan fingerprint density at radius 2 is 1.37 bits per heavy atom. The van der Waals surface area contributed by atoms with Gasteiger partial charge in [0.2, 0.25) is 5.54 Å². The first kappa shape index (κ1) is 32.0. The summed E-state index contributed by atoms with van der Waals surface area (Å²) < 4.78 is 31.7. The summed E-state index contributed by atoms with van der Waals surface area (Å²) in [6, 6.07) is 13.4. The summed E-state index contributed by atoms with van der Waals surface area (Å²) in [4.78, 5) is 51.6. The number of imide groups is 2. The van der Waals surface area contributed by atoms with Gasteiger partial charge in [-0.3, -0.25) is 30.0 Å². The second kappa shape index (κ2) is 12.7. The third-order valence-electron chi connectivity index (χ3n) is 7.68. The topological polar surface area (TPSA) is 139 Å². The molecule has 228 valence electrons. The molecule has 0 unspecified atom stereocenters. The van der Waals surface area contributed by atoms with E-state index in [-0.39, 0.29) is 12.0 Å². The number of aliphatic hydroxyl groups is 1. The average Bonchev–Trinajstić information content (AvgIpc) is 2.93. The molecule has 2 aromatic rings. The maximum atomic E-state index is 13.3. The number of rotatable bonds is 4. The van der Waals surface area contributed by atoms with Crippen molar-refractivity contribution in [3.8, 4) is 11.8 Å². The highest BCUT2D eigenvalue weighted by molar-refractivity contribution is 6.30. The first-order valence-corrected chi connectivity index (χ1v) is 13.6. The summed E-state index contributed by atoms with van der Waals surface area (Å²) >= 11 is 5.93. The number of urea groups is 1.